The number of halogens is 1. The molecule has 3 saturated carbocycles. The first-order valence-electron chi connectivity index (χ1n) is 21.0. The summed E-state index contributed by atoms with van der Waals surface area (Å²) in [6, 6.07) is 7.62. The Morgan fingerprint density at radius 3 is 2.16 bits per heavy atom. The van der Waals surface area contributed by atoms with Crippen molar-refractivity contribution in [1.82, 2.24) is 25.2 Å². The molecule has 4 amide bonds. The predicted octanol–water partition coefficient (Wildman–Crippen LogP) is 9.08. The van der Waals surface area contributed by atoms with Gasteiger partial charge in [-0.2, -0.15) is 0 Å². The zero-order valence-electron chi connectivity index (χ0n) is 35.4. The van der Waals surface area contributed by atoms with Crippen LogP contribution in [0.1, 0.15) is 136 Å². The number of nitrogens with zero attached hydrogens (tertiary/aromatic N) is 2. The maximum Gasteiger partial charge on any atom is 0.242 e. The quantitative estimate of drug-likeness (QED) is 0.0638. The first-order chi connectivity index (χ1) is 27.5. The Kier molecular flexibility index (Phi) is 29.5. The van der Waals surface area contributed by atoms with E-state index in [2.05, 4.69) is 33.8 Å². The molecule has 2 atom stereocenters. The van der Waals surface area contributed by atoms with Gasteiger partial charge in [0.25, 0.3) is 0 Å². The van der Waals surface area contributed by atoms with E-state index in [4.69, 9.17) is 21.1 Å². The number of hydrogen-bond acceptors (Lipinski definition) is 8. The van der Waals surface area contributed by atoms with Crippen LogP contribution < -0.4 is 15.4 Å². The number of aromatic hydroxyl groups is 1. The van der Waals surface area contributed by atoms with Crippen molar-refractivity contribution in [1.29, 1.82) is 0 Å². The Morgan fingerprint density at radius 2 is 1.67 bits per heavy atom. The molecule has 0 bridgehead atoms. The van der Waals surface area contributed by atoms with Crippen molar-refractivity contribution in [3.63, 3.8) is 0 Å². The number of benzene rings is 1. The van der Waals surface area contributed by atoms with E-state index in [1.807, 2.05) is 36.9 Å². The van der Waals surface area contributed by atoms with Crippen LogP contribution in [0.5, 0.6) is 5.75 Å². The third kappa shape index (κ3) is 24.9. The summed E-state index contributed by atoms with van der Waals surface area (Å²) in [5.74, 6) is 0.701. The smallest absolute Gasteiger partial charge is 0.242 e. The molecule has 4 aliphatic rings. The van der Waals surface area contributed by atoms with Gasteiger partial charge in [0.15, 0.2) is 0 Å². The first kappa shape index (κ1) is 51.7. The van der Waals surface area contributed by atoms with Gasteiger partial charge in [0.05, 0.1) is 23.9 Å². The molecule has 4 fully saturated rings. The number of likely N-dealkylation sites (tertiary alicyclic amines) is 1. The van der Waals surface area contributed by atoms with Crippen LogP contribution in [0.4, 0.5) is 0 Å². The van der Waals surface area contributed by atoms with Crippen LogP contribution in [0.25, 0.3) is 10.9 Å². The van der Waals surface area contributed by atoms with Crippen LogP contribution in [0, 0.1) is 5.92 Å². The summed E-state index contributed by atoms with van der Waals surface area (Å²) in [4.78, 5) is 47.8. The summed E-state index contributed by atoms with van der Waals surface area (Å²) in [7, 11) is 3.36. The molecule has 2 heterocycles. The van der Waals surface area contributed by atoms with E-state index in [-0.39, 0.29) is 30.0 Å². The molecule has 322 valence electrons. The maximum atomic E-state index is 11.3. The van der Waals surface area contributed by atoms with Gasteiger partial charge < -0.3 is 25.4 Å². The van der Waals surface area contributed by atoms with Crippen molar-refractivity contribution in [3.05, 3.63) is 47.6 Å². The highest BCUT2D eigenvalue weighted by Crippen LogP contribution is 2.32. The number of carbonyl (C=O) groups is 4. The Hall–Kier alpha value is -3.35. The average Bonchev–Trinajstić information content (AvgIpc) is 3.61. The number of aromatic nitrogens is 1. The third-order valence-electron chi connectivity index (χ3n) is 9.84. The summed E-state index contributed by atoms with van der Waals surface area (Å²) < 4.78 is 7.95. The van der Waals surface area contributed by atoms with Gasteiger partial charge in [0, 0.05) is 48.8 Å². The number of ether oxygens (including phenoxy) is 1. The molecular weight excluding hydrogens is 762 g/mol. The zero-order chi connectivity index (χ0) is 42.3. The number of nitrogens with one attached hydrogen (secondary N) is 3. The monoisotopic (exact) mass is 833 g/mol. The van der Waals surface area contributed by atoms with Crippen LogP contribution in [-0.4, -0.2) is 84.3 Å². The van der Waals surface area contributed by atoms with Crippen LogP contribution in [0.3, 0.4) is 0 Å². The lowest BCUT2D eigenvalue weighted by atomic mass is 10.1. The lowest BCUT2D eigenvalue weighted by Gasteiger charge is -2.20. The largest absolute Gasteiger partial charge is 0.506 e. The fraction of sp³-hybridized carbons (Fsp3) is 0.659. The number of pyridine rings is 1. The van der Waals surface area contributed by atoms with E-state index in [9.17, 15) is 19.5 Å². The molecule has 0 radical (unpaired) electrons. The van der Waals surface area contributed by atoms with Crippen molar-refractivity contribution < 1.29 is 29.0 Å². The van der Waals surface area contributed by atoms with Gasteiger partial charge in [-0.25, -0.2) is 4.98 Å². The lowest BCUT2D eigenvalue weighted by Crippen LogP contribution is -2.39. The Labute approximate surface area is 352 Å². The van der Waals surface area contributed by atoms with E-state index in [0.29, 0.717) is 41.7 Å². The molecule has 13 heteroatoms. The first-order valence-corrected chi connectivity index (χ1v) is 22.2. The molecule has 4 N–H and O–H groups in total. The number of hydrogen-bond donors (Lipinski definition) is 4. The van der Waals surface area contributed by atoms with Crippen LogP contribution in [-0.2, 0) is 30.3 Å². The molecule has 6 rings (SSSR count). The van der Waals surface area contributed by atoms with Crippen molar-refractivity contribution >= 4 is 59.1 Å². The fourth-order valence-corrected chi connectivity index (χ4v) is 7.13. The van der Waals surface area contributed by atoms with Gasteiger partial charge in [0.1, 0.15) is 5.75 Å². The highest BCUT2D eigenvalue weighted by atomic mass is 35.5. The third-order valence-corrected chi connectivity index (χ3v) is 11.2. The van der Waals surface area contributed by atoms with Gasteiger partial charge in [-0.1, -0.05) is 89.3 Å². The zero-order valence-corrected chi connectivity index (χ0v) is 36.9. The number of carbonyl (C=O) groups excluding carboxylic acids is 4. The van der Waals surface area contributed by atoms with E-state index >= 15 is 0 Å². The summed E-state index contributed by atoms with van der Waals surface area (Å²) in [5.41, 5.74) is 1.67. The van der Waals surface area contributed by atoms with E-state index < -0.39 is 0 Å². The van der Waals surface area contributed by atoms with Gasteiger partial charge in [-0.05, 0) is 100 Å². The van der Waals surface area contributed by atoms with Crippen LogP contribution in [0.2, 0.25) is 5.02 Å². The number of aryl methyl sites for hydroxylation is 1. The second kappa shape index (κ2) is 32.6. The molecule has 3 aliphatic carbocycles. The lowest BCUT2D eigenvalue weighted by molar-refractivity contribution is -0.131. The van der Waals surface area contributed by atoms with Crippen molar-refractivity contribution in [2.24, 2.45) is 5.92 Å². The SMILES string of the molecule is C1CCCC1.C=C[C@H](C)CC(=O)NSC1CC1.CC1CCCN1C(=O)CNC=O.CCCCCc1nc2ccc(Cl)cc2cc1O.CNC=O.COC1CCCC1. The van der Waals surface area contributed by atoms with Crippen LogP contribution in [0.15, 0.2) is 36.9 Å². The van der Waals surface area contributed by atoms with Crippen molar-refractivity contribution in [3.8, 4) is 5.75 Å². The second-order valence-electron chi connectivity index (χ2n) is 14.9. The van der Waals surface area contributed by atoms with Crippen molar-refractivity contribution in [2.45, 2.75) is 154 Å². The average molecular weight is 835 g/mol. The summed E-state index contributed by atoms with van der Waals surface area (Å²) in [6.07, 6.45) is 25.9. The second-order valence-corrected chi connectivity index (χ2v) is 16.4. The van der Waals surface area contributed by atoms with E-state index in [1.54, 1.807) is 38.2 Å². The minimum atomic E-state index is 0.0205. The molecule has 1 aromatic carbocycles. The number of allylic oxidation sites excluding steroid dienone is 1. The van der Waals surface area contributed by atoms with E-state index in [0.717, 1.165) is 48.8 Å². The minimum absolute atomic E-state index is 0.0205. The Bertz CT molecular complexity index is 1410. The van der Waals surface area contributed by atoms with Crippen LogP contribution >= 0.6 is 23.5 Å². The summed E-state index contributed by atoms with van der Waals surface area (Å²) in [5, 5.41) is 16.8. The highest BCUT2D eigenvalue weighted by Gasteiger charge is 2.24. The van der Waals surface area contributed by atoms with Gasteiger partial charge in [-0.15, -0.1) is 6.58 Å². The summed E-state index contributed by atoms with van der Waals surface area (Å²) >= 11 is 7.47. The number of amides is 4. The molecule has 1 aromatic heterocycles. The standard InChI is InChI=1S/C14H16ClNO.C9H15NOS.C8H14N2O2.C6H12O.C5H10.C2H5NO/c1-2-3-4-5-13-14(17)9-10-8-11(15)6-7-12(10)16-13;1-3-7(2)6-9(11)10-12-8-4-5-8;1-7-3-2-4-10(7)8(12)5-9-6-11;1-7-6-4-2-3-5-6;1-2-4-5-3-1;1-3-2-4/h6-9,17H,2-5H2,1H3;3,7-8H,1,4-6H2,2H3,(H,10,11);6-7H,2-5H2,1H3,(H,9,11);6H,2-5H2,1H3;1-5H2;2H,1H3,(H,3,4)/t;7-;;;;/m.0..../s1. The normalized spacial score (nSPS) is 17.2. The molecule has 2 aromatic rings. The maximum absolute atomic E-state index is 11.3. The molecule has 1 saturated heterocycles. The molecule has 11 nitrogen and oxygen atoms in total. The molecular formula is C44H72ClN5O6S. The topological polar surface area (TPSA) is 150 Å². The number of methoxy groups -OCH3 is 1. The molecule has 1 aliphatic heterocycles. The van der Waals surface area contributed by atoms with E-state index in [1.165, 1.54) is 83.5 Å². The van der Waals surface area contributed by atoms with Gasteiger partial charge in [-0.3, -0.25) is 23.9 Å². The number of unbranched alkanes of at least 4 members (excludes halogenated alkanes) is 2. The predicted molar refractivity (Wildman–Crippen MR) is 236 cm³/mol. The number of rotatable bonds is 14. The molecule has 1 unspecified atom stereocenters. The summed E-state index contributed by atoms with van der Waals surface area (Å²) in [6.45, 7) is 10.8. The van der Waals surface area contributed by atoms with Gasteiger partial charge in [0.2, 0.25) is 24.6 Å². The van der Waals surface area contributed by atoms with Crippen molar-refractivity contribution in [2.75, 3.05) is 27.2 Å². The Morgan fingerprint density at radius 1 is 1.02 bits per heavy atom. The minimum Gasteiger partial charge on any atom is -0.506 e. The number of fused-ring (bicyclic) bond motifs is 1. The fourth-order valence-electron chi connectivity index (χ4n) is 6.20. The van der Waals surface area contributed by atoms with Gasteiger partial charge >= 0.3 is 0 Å². The molecule has 0 spiro atoms. The highest BCUT2D eigenvalue weighted by molar-refractivity contribution is 7.98. The molecule has 57 heavy (non-hydrogen) atoms. The Balaban J connectivity index is 0.000000364.